The Kier molecular flexibility index (Phi) is 4.72. The molecule has 0 saturated carbocycles. The number of piperidine rings is 1. The van der Waals surface area contributed by atoms with E-state index in [0.29, 0.717) is 12.6 Å². The molecule has 1 N–H and O–H groups in total. The van der Waals surface area contributed by atoms with E-state index in [4.69, 9.17) is 0 Å². The van der Waals surface area contributed by atoms with Crippen LogP contribution in [0, 0.1) is 16.0 Å². The van der Waals surface area contributed by atoms with Crippen molar-refractivity contribution in [2.45, 2.75) is 45.4 Å². The average molecular weight is 282 g/mol. The van der Waals surface area contributed by atoms with Crippen molar-refractivity contribution in [2.24, 2.45) is 5.92 Å². The van der Waals surface area contributed by atoms with Gasteiger partial charge in [-0.15, -0.1) is 0 Å². The lowest BCUT2D eigenvalue weighted by Crippen LogP contribution is -2.45. The molecule has 1 aromatic heterocycles. The van der Waals surface area contributed by atoms with Crippen molar-refractivity contribution in [3.05, 3.63) is 22.5 Å². The molecule has 0 amide bonds. The molecule has 2 rings (SSSR count). The summed E-state index contributed by atoms with van der Waals surface area (Å²) >= 11 is 0. The van der Waals surface area contributed by atoms with Crippen molar-refractivity contribution in [1.82, 2.24) is 14.7 Å². The van der Waals surface area contributed by atoms with Gasteiger partial charge in [-0.1, -0.05) is 6.92 Å². The summed E-state index contributed by atoms with van der Waals surface area (Å²) in [4.78, 5) is 12.4. The van der Waals surface area contributed by atoms with Gasteiger partial charge in [0.2, 0.25) is 0 Å². The number of aliphatic hydroxyl groups excluding tert-OH is 1. The number of β-amino-alcohol motifs (C(OH)–C–C–N with tert-alkyl or cyclic N) is 1. The number of nitrogens with zero attached hydrogens (tertiary/aromatic N) is 4. The summed E-state index contributed by atoms with van der Waals surface area (Å²) in [5.74, 6) is 0.743. The second-order valence-electron chi connectivity index (χ2n) is 5.81. The van der Waals surface area contributed by atoms with Gasteiger partial charge in [0.05, 0.1) is 17.6 Å². The topological polar surface area (TPSA) is 84.4 Å². The third-order valence-corrected chi connectivity index (χ3v) is 3.95. The first-order valence-electron chi connectivity index (χ1n) is 7.04. The minimum atomic E-state index is -0.564. The Morgan fingerprint density at radius 3 is 2.90 bits per heavy atom. The zero-order valence-electron chi connectivity index (χ0n) is 12.0. The lowest BCUT2D eigenvalue weighted by atomic mass is 9.93. The van der Waals surface area contributed by atoms with E-state index in [2.05, 4.69) is 23.8 Å². The Balaban J connectivity index is 1.85. The summed E-state index contributed by atoms with van der Waals surface area (Å²) in [6.45, 7) is 6.31. The zero-order chi connectivity index (χ0) is 14.7. The fourth-order valence-corrected chi connectivity index (χ4v) is 2.82. The van der Waals surface area contributed by atoms with Crippen molar-refractivity contribution in [3.8, 4) is 0 Å². The second-order valence-corrected chi connectivity index (χ2v) is 5.81. The van der Waals surface area contributed by atoms with E-state index in [9.17, 15) is 15.2 Å². The molecule has 1 fully saturated rings. The van der Waals surface area contributed by atoms with Crippen LogP contribution in [0.15, 0.2) is 12.4 Å². The van der Waals surface area contributed by atoms with Crippen LogP contribution >= 0.6 is 0 Å². The average Bonchev–Trinajstić information content (AvgIpc) is 2.81. The third-order valence-electron chi connectivity index (χ3n) is 3.95. The maximum absolute atomic E-state index is 10.6. The van der Waals surface area contributed by atoms with Crippen LogP contribution in [0.25, 0.3) is 0 Å². The largest absolute Gasteiger partial charge is 0.390 e. The molecule has 1 aliphatic rings. The highest BCUT2D eigenvalue weighted by molar-refractivity contribution is 5.20. The Morgan fingerprint density at radius 2 is 2.30 bits per heavy atom. The van der Waals surface area contributed by atoms with E-state index in [1.54, 1.807) is 0 Å². The first-order valence-corrected chi connectivity index (χ1v) is 7.04. The van der Waals surface area contributed by atoms with Crippen molar-refractivity contribution < 1.29 is 10.0 Å². The molecule has 1 aliphatic heterocycles. The summed E-state index contributed by atoms with van der Waals surface area (Å²) in [5, 5.41) is 24.6. The van der Waals surface area contributed by atoms with Gasteiger partial charge in [0.25, 0.3) is 0 Å². The lowest BCUT2D eigenvalue weighted by Gasteiger charge is -2.37. The Labute approximate surface area is 118 Å². The van der Waals surface area contributed by atoms with Crippen LogP contribution in [0.2, 0.25) is 0 Å². The summed E-state index contributed by atoms with van der Waals surface area (Å²) in [6, 6.07) is 0.473. The van der Waals surface area contributed by atoms with Crippen LogP contribution in [0.3, 0.4) is 0 Å². The molecule has 7 heteroatoms. The van der Waals surface area contributed by atoms with E-state index in [0.717, 1.165) is 25.3 Å². The Morgan fingerprint density at radius 1 is 1.55 bits per heavy atom. The van der Waals surface area contributed by atoms with Gasteiger partial charge >= 0.3 is 5.69 Å². The molecule has 0 aromatic carbocycles. The van der Waals surface area contributed by atoms with Crippen molar-refractivity contribution in [3.63, 3.8) is 0 Å². The highest BCUT2D eigenvalue weighted by atomic mass is 16.6. The van der Waals surface area contributed by atoms with Gasteiger partial charge < -0.3 is 5.11 Å². The predicted octanol–water partition coefficient (Wildman–Crippen LogP) is 1.27. The number of likely N-dealkylation sites (tertiary alicyclic amines) is 1. The van der Waals surface area contributed by atoms with Gasteiger partial charge in [0.15, 0.2) is 0 Å². The molecule has 3 atom stereocenters. The predicted molar refractivity (Wildman–Crippen MR) is 74.3 cm³/mol. The zero-order valence-corrected chi connectivity index (χ0v) is 12.0. The molecule has 3 unspecified atom stereocenters. The van der Waals surface area contributed by atoms with Gasteiger partial charge in [-0.3, -0.25) is 19.7 Å². The van der Waals surface area contributed by atoms with Crippen LogP contribution in [0.5, 0.6) is 0 Å². The van der Waals surface area contributed by atoms with Crippen LogP contribution in [0.1, 0.15) is 26.7 Å². The minimum absolute atomic E-state index is 0.0441. The van der Waals surface area contributed by atoms with Gasteiger partial charge in [0.1, 0.15) is 12.4 Å². The first kappa shape index (κ1) is 14.9. The van der Waals surface area contributed by atoms with Crippen molar-refractivity contribution in [2.75, 3.05) is 13.1 Å². The van der Waals surface area contributed by atoms with Crippen molar-refractivity contribution in [1.29, 1.82) is 0 Å². The fraction of sp³-hybridized carbons (Fsp3) is 0.769. The molecule has 0 aliphatic carbocycles. The lowest BCUT2D eigenvalue weighted by molar-refractivity contribution is -0.385. The first-order chi connectivity index (χ1) is 9.45. The van der Waals surface area contributed by atoms with Gasteiger partial charge in [-0.25, -0.2) is 0 Å². The maximum atomic E-state index is 10.6. The second kappa shape index (κ2) is 6.32. The highest BCUT2D eigenvalue weighted by Crippen LogP contribution is 2.22. The summed E-state index contributed by atoms with van der Waals surface area (Å²) in [7, 11) is 0. The standard InChI is InChI=1S/C13H22N4O3/c1-10-3-4-15(11(2)5-10)8-13(18)9-16-7-12(6-14-16)17(19)20/h6-7,10-11,13,18H,3-5,8-9H2,1-2H3. The number of aromatic nitrogens is 2. The van der Waals surface area contributed by atoms with Gasteiger partial charge in [-0.2, -0.15) is 5.10 Å². The maximum Gasteiger partial charge on any atom is 0.306 e. The Bertz CT molecular complexity index is 462. The molecule has 0 spiro atoms. The number of nitro groups is 1. The summed E-state index contributed by atoms with van der Waals surface area (Å²) in [6.07, 6.45) is 4.30. The molecule has 2 heterocycles. The number of hydrogen-bond donors (Lipinski definition) is 1. The molecule has 1 aromatic rings. The molecule has 0 radical (unpaired) electrons. The monoisotopic (exact) mass is 282 g/mol. The van der Waals surface area contributed by atoms with E-state index < -0.39 is 11.0 Å². The molecule has 112 valence electrons. The number of rotatable bonds is 5. The van der Waals surface area contributed by atoms with E-state index in [1.165, 1.54) is 17.1 Å². The normalized spacial score (nSPS) is 25.6. The fourth-order valence-electron chi connectivity index (χ4n) is 2.82. The van der Waals surface area contributed by atoms with Crippen LogP contribution in [-0.4, -0.2) is 49.9 Å². The number of aliphatic hydroxyl groups is 1. The van der Waals surface area contributed by atoms with E-state index in [1.807, 2.05) is 0 Å². The van der Waals surface area contributed by atoms with Gasteiger partial charge in [0, 0.05) is 12.6 Å². The molecular formula is C13H22N4O3. The third kappa shape index (κ3) is 3.77. The quantitative estimate of drug-likeness (QED) is 0.649. The molecular weight excluding hydrogens is 260 g/mol. The van der Waals surface area contributed by atoms with Crippen LogP contribution < -0.4 is 0 Å². The molecule has 0 bridgehead atoms. The highest BCUT2D eigenvalue weighted by Gasteiger charge is 2.24. The van der Waals surface area contributed by atoms with E-state index >= 15 is 0 Å². The molecule has 20 heavy (non-hydrogen) atoms. The smallest absolute Gasteiger partial charge is 0.306 e. The van der Waals surface area contributed by atoms with Crippen LogP contribution in [-0.2, 0) is 6.54 Å². The summed E-state index contributed by atoms with van der Waals surface area (Å²) in [5.41, 5.74) is -0.0441. The summed E-state index contributed by atoms with van der Waals surface area (Å²) < 4.78 is 1.43. The Hall–Kier alpha value is -1.47. The van der Waals surface area contributed by atoms with Gasteiger partial charge in [-0.05, 0) is 32.2 Å². The minimum Gasteiger partial charge on any atom is -0.390 e. The number of hydrogen-bond acceptors (Lipinski definition) is 5. The molecule has 7 nitrogen and oxygen atoms in total. The molecule has 1 saturated heterocycles. The van der Waals surface area contributed by atoms with Crippen LogP contribution in [0.4, 0.5) is 5.69 Å². The van der Waals surface area contributed by atoms with Crippen molar-refractivity contribution >= 4 is 5.69 Å². The SMILES string of the molecule is CC1CCN(CC(O)Cn2cc([N+](=O)[O-])cn2)C(C)C1. The van der Waals surface area contributed by atoms with E-state index in [-0.39, 0.29) is 12.2 Å².